The molecule has 1 fully saturated rings. The minimum Gasteiger partial charge on any atom is -0.489 e. The van der Waals surface area contributed by atoms with Gasteiger partial charge in [0.05, 0.1) is 30.1 Å². The summed E-state index contributed by atoms with van der Waals surface area (Å²) in [5.74, 6) is 5.39. The van der Waals surface area contributed by atoms with E-state index in [1.165, 1.54) is 36.8 Å². The van der Waals surface area contributed by atoms with Crippen molar-refractivity contribution in [1.29, 1.82) is 0 Å². The molecule has 160 valence electrons. The molecule has 1 aliphatic rings. The third-order valence-corrected chi connectivity index (χ3v) is 6.00. The van der Waals surface area contributed by atoms with Crippen molar-refractivity contribution >= 4 is 16.9 Å². The van der Waals surface area contributed by atoms with Crippen molar-refractivity contribution in [2.45, 2.75) is 64.5 Å². The lowest BCUT2D eigenvalue weighted by Crippen LogP contribution is -2.07. The molecule has 1 saturated carbocycles. The molecule has 0 unspecified atom stereocenters. The lowest BCUT2D eigenvalue weighted by molar-refractivity contribution is -0.137. The molecule has 0 amide bonds. The third kappa shape index (κ3) is 4.74. The zero-order valence-electron chi connectivity index (χ0n) is 18.1. The van der Waals surface area contributed by atoms with Crippen LogP contribution >= 0.6 is 0 Å². The molecule has 2 aromatic carbocycles. The second-order valence-electron chi connectivity index (χ2n) is 8.28. The fraction of sp³-hybridized carbons (Fsp3) is 0.385. The van der Waals surface area contributed by atoms with E-state index < -0.39 is 5.97 Å². The molecule has 0 radical (unpaired) electrons. The van der Waals surface area contributed by atoms with Crippen molar-refractivity contribution in [3.8, 4) is 17.6 Å². The predicted octanol–water partition coefficient (Wildman–Crippen LogP) is 5.62. The van der Waals surface area contributed by atoms with Crippen LogP contribution < -0.4 is 4.74 Å². The Kier molecular flexibility index (Phi) is 6.27. The van der Waals surface area contributed by atoms with Crippen molar-refractivity contribution < 1.29 is 14.6 Å². The molecule has 0 aliphatic heterocycles. The van der Waals surface area contributed by atoms with E-state index in [9.17, 15) is 4.79 Å². The fourth-order valence-corrected chi connectivity index (χ4v) is 4.55. The maximum absolute atomic E-state index is 11.1. The molecule has 31 heavy (non-hydrogen) atoms. The fourth-order valence-electron chi connectivity index (χ4n) is 4.55. The quantitative estimate of drug-likeness (QED) is 0.508. The second kappa shape index (κ2) is 9.26. The number of carboxylic acids is 1. The number of ether oxygens (including phenoxy) is 1. The standard InChI is InChI=1S/C26H28N2O3/c1-3-6-21(15-25(29)30)20-9-11-24(12-10-20)31-17-19-13-18(2)26-22(14-19)16-27-28(26)23-7-4-5-8-23/h9-14,16,21,23H,4-5,7-8,15,17H2,1-2H3,(H,29,30)/t21-/m0/s1. The number of carboxylic acid groups (broad SMARTS) is 1. The van der Waals surface area contributed by atoms with Gasteiger partial charge in [0.2, 0.25) is 0 Å². The Balaban J connectivity index is 1.46. The molecular formula is C26H28N2O3. The average Bonchev–Trinajstić information content (AvgIpc) is 3.42. The Morgan fingerprint density at radius 1 is 1.26 bits per heavy atom. The van der Waals surface area contributed by atoms with E-state index in [2.05, 4.69) is 40.7 Å². The first kappa shape index (κ1) is 21.0. The summed E-state index contributed by atoms with van der Waals surface area (Å²) in [7, 11) is 0. The summed E-state index contributed by atoms with van der Waals surface area (Å²) in [6.07, 6.45) is 6.98. The van der Waals surface area contributed by atoms with Crippen molar-refractivity contribution in [3.63, 3.8) is 0 Å². The highest BCUT2D eigenvalue weighted by atomic mass is 16.5. The summed E-state index contributed by atoms with van der Waals surface area (Å²) in [6.45, 7) is 4.34. The van der Waals surface area contributed by atoms with Gasteiger partial charge in [0.1, 0.15) is 12.4 Å². The lowest BCUT2D eigenvalue weighted by Gasteiger charge is -2.14. The van der Waals surface area contributed by atoms with Crippen LogP contribution in [0.2, 0.25) is 0 Å². The number of fused-ring (bicyclic) bond motifs is 1. The Labute approximate surface area is 183 Å². The Hall–Kier alpha value is -3.26. The molecule has 0 spiro atoms. The minimum atomic E-state index is -0.852. The molecule has 1 aromatic heterocycles. The number of aryl methyl sites for hydroxylation is 1. The number of nitrogens with zero attached hydrogens (tertiary/aromatic N) is 2. The van der Waals surface area contributed by atoms with E-state index in [0.717, 1.165) is 22.3 Å². The molecular weight excluding hydrogens is 388 g/mol. The number of carbonyl (C=O) groups is 1. The van der Waals surface area contributed by atoms with E-state index in [-0.39, 0.29) is 12.3 Å². The summed E-state index contributed by atoms with van der Waals surface area (Å²) in [6, 6.07) is 12.4. The van der Waals surface area contributed by atoms with Crippen LogP contribution in [-0.4, -0.2) is 20.9 Å². The highest BCUT2D eigenvalue weighted by Crippen LogP contribution is 2.33. The molecule has 5 heteroatoms. The van der Waals surface area contributed by atoms with E-state index in [1.54, 1.807) is 6.92 Å². The van der Waals surface area contributed by atoms with Crippen LogP contribution in [0.25, 0.3) is 10.9 Å². The van der Waals surface area contributed by atoms with Crippen LogP contribution in [-0.2, 0) is 11.4 Å². The number of aliphatic carboxylic acids is 1. The summed E-state index contributed by atoms with van der Waals surface area (Å²) in [5.41, 5.74) is 4.47. The number of hydrogen-bond donors (Lipinski definition) is 1. The summed E-state index contributed by atoms with van der Waals surface area (Å²) in [5, 5.41) is 14.9. The Bertz CT molecular complexity index is 1130. The third-order valence-electron chi connectivity index (χ3n) is 6.00. The van der Waals surface area contributed by atoms with E-state index in [1.807, 2.05) is 30.5 Å². The smallest absolute Gasteiger partial charge is 0.304 e. The van der Waals surface area contributed by atoms with E-state index in [0.29, 0.717) is 12.6 Å². The second-order valence-corrected chi connectivity index (χ2v) is 8.28. The van der Waals surface area contributed by atoms with Crippen LogP contribution in [0.1, 0.15) is 67.7 Å². The summed E-state index contributed by atoms with van der Waals surface area (Å²) < 4.78 is 8.21. The topological polar surface area (TPSA) is 64.3 Å². The van der Waals surface area contributed by atoms with Gasteiger partial charge in [-0.3, -0.25) is 9.48 Å². The maximum atomic E-state index is 11.1. The molecule has 1 heterocycles. The molecule has 1 aliphatic carbocycles. The minimum absolute atomic E-state index is 0.00508. The molecule has 4 rings (SSSR count). The van der Waals surface area contributed by atoms with Crippen LogP contribution in [0, 0.1) is 18.8 Å². The average molecular weight is 417 g/mol. The first-order valence-corrected chi connectivity index (χ1v) is 10.9. The predicted molar refractivity (Wildman–Crippen MR) is 121 cm³/mol. The van der Waals surface area contributed by atoms with Crippen molar-refractivity contribution in [2.24, 2.45) is 0 Å². The maximum Gasteiger partial charge on any atom is 0.304 e. The van der Waals surface area contributed by atoms with E-state index in [4.69, 9.17) is 9.84 Å². The van der Waals surface area contributed by atoms with Crippen LogP contribution in [0.15, 0.2) is 42.6 Å². The molecule has 1 atom stereocenters. The van der Waals surface area contributed by atoms with Gasteiger partial charge in [-0.1, -0.05) is 37.0 Å². The number of hydrogen-bond acceptors (Lipinski definition) is 3. The first-order valence-electron chi connectivity index (χ1n) is 10.9. The van der Waals surface area contributed by atoms with Crippen molar-refractivity contribution in [3.05, 3.63) is 59.3 Å². The summed E-state index contributed by atoms with van der Waals surface area (Å²) in [4.78, 5) is 11.1. The van der Waals surface area contributed by atoms with Gasteiger partial charge >= 0.3 is 5.97 Å². The highest BCUT2D eigenvalue weighted by Gasteiger charge is 2.20. The number of rotatable bonds is 7. The van der Waals surface area contributed by atoms with Crippen LogP contribution in [0.4, 0.5) is 0 Å². The molecule has 0 bridgehead atoms. The Morgan fingerprint density at radius 2 is 2.00 bits per heavy atom. The van der Waals surface area contributed by atoms with Crippen molar-refractivity contribution in [1.82, 2.24) is 9.78 Å². The van der Waals surface area contributed by atoms with E-state index >= 15 is 0 Å². The van der Waals surface area contributed by atoms with Gasteiger partial charge in [0.15, 0.2) is 0 Å². The number of benzene rings is 2. The summed E-state index contributed by atoms with van der Waals surface area (Å²) >= 11 is 0. The van der Waals surface area contributed by atoms with Gasteiger partial charge in [0, 0.05) is 5.39 Å². The molecule has 1 N–H and O–H groups in total. The highest BCUT2D eigenvalue weighted by molar-refractivity contribution is 5.82. The van der Waals surface area contributed by atoms with Crippen LogP contribution in [0.5, 0.6) is 5.75 Å². The van der Waals surface area contributed by atoms with Crippen molar-refractivity contribution in [2.75, 3.05) is 0 Å². The largest absolute Gasteiger partial charge is 0.489 e. The zero-order chi connectivity index (χ0) is 21.8. The SMILES string of the molecule is CC#C[C@@H](CC(=O)O)c1ccc(OCc2cc(C)c3c(cnn3C3CCCC3)c2)cc1. The van der Waals surface area contributed by atoms with Gasteiger partial charge in [-0.05, 0) is 61.6 Å². The van der Waals surface area contributed by atoms with Gasteiger partial charge in [-0.2, -0.15) is 5.10 Å². The molecule has 3 aromatic rings. The Morgan fingerprint density at radius 3 is 2.68 bits per heavy atom. The first-order chi connectivity index (χ1) is 15.0. The zero-order valence-corrected chi connectivity index (χ0v) is 18.1. The molecule has 5 nitrogen and oxygen atoms in total. The monoisotopic (exact) mass is 416 g/mol. The van der Waals surface area contributed by atoms with Gasteiger partial charge in [0.25, 0.3) is 0 Å². The van der Waals surface area contributed by atoms with Crippen LogP contribution in [0.3, 0.4) is 0 Å². The normalized spacial score (nSPS) is 14.9. The van der Waals surface area contributed by atoms with Gasteiger partial charge < -0.3 is 9.84 Å². The van der Waals surface area contributed by atoms with Gasteiger partial charge in [-0.25, -0.2) is 0 Å². The molecule has 0 saturated heterocycles. The lowest BCUT2D eigenvalue weighted by atomic mass is 9.96. The number of aromatic nitrogens is 2. The van der Waals surface area contributed by atoms with Gasteiger partial charge in [-0.15, -0.1) is 5.92 Å².